The van der Waals surface area contributed by atoms with Gasteiger partial charge in [-0.15, -0.1) is 0 Å². The Morgan fingerprint density at radius 2 is 0.619 bits per heavy atom. The number of benzene rings is 9. The van der Waals surface area contributed by atoms with E-state index in [-0.39, 0.29) is 0 Å². The minimum Gasteiger partial charge on any atom is -0.354 e. The molecule has 6 nitrogen and oxygen atoms in total. The molecule has 0 fully saturated rings. The molecule has 0 saturated carbocycles. The predicted molar refractivity (Wildman–Crippen MR) is 258 cm³/mol. The predicted octanol–water partition coefficient (Wildman–Crippen LogP) is 14.3. The van der Waals surface area contributed by atoms with Crippen LogP contribution in [0.1, 0.15) is 0 Å². The molecular weight excluding hydrogens is 769 g/mol. The van der Waals surface area contributed by atoms with Gasteiger partial charge in [0.15, 0.2) is 17.5 Å². The van der Waals surface area contributed by atoms with E-state index in [1.165, 1.54) is 10.9 Å². The Morgan fingerprint density at radius 1 is 0.222 bits per heavy atom. The summed E-state index contributed by atoms with van der Waals surface area (Å²) in [5, 5.41) is 2.36. The highest BCUT2D eigenvalue weighted by Gasteiger charge is 2.14. The maximum atomic E-state index is 5.08. The van der Waals surface area contributed by atoms with Gasteiger partial charge in [0.1, 0.15) is 0 Å². The van der Waals surface area contributed by atoms with Crippen molar-refractivity contribution in [1.29, 1.82) is 0 Å². The molecule has 12 aromatic rings. The van der Waals surface area contributed by atoms with Crippen molar-refractivity contribution in [2.45, 2.75) is 0 Å². The number of rotatable bonds is 7. The molecule has 63 heavy (non-hydrogen) atoms. The molecule has 0 spiro atoms. The van der Waals surface area contributed by atoms with Crippen LogP contribution < -0.4 is 0 Å². The monoisotopic (exact) mass is 804 g/mol. The van der Waals surface area contributed by atoms with Crippen LogP contribution in [-0.2, 0) is 0 Å². The van der Waals surface area contributed by atoms with Crippen molar-refractivity contribution in [3.8, 4) is 78.7 Å². The van der Waals surface area contributed by atoms with Crippen LogP contribution >= 0.6 is 0 Å². The molecule has 0 unspecified atom stereocenters. The quantitative estimate of drug-likeness (QED) is 0.162. The van der Waals surface area contributed by atoms with Gasteiger partial charge >= 0.3 is 0 Å². The maximum Gasteiger partial charge on any atom is 0.164 e. The van der Waals surface area contributed by atoms with Gasteiger partial charge in [-0.3, -0.25) is 0 Å². The van der Waals surface area contributed by atoms with E-state index in [4.69, 9.17) is 24.9 Å². The number of para-hydroxylation sites is 1. The highest BCUT2D eigenvalue weighted by Crippen LogP contribution is 2.34. The van der Waals surface area contributed by atoms with E-state index in [0.29, 0.717) is 17.5 Å². The first kappa shape index (κ1) is 36.3. The lowest BCUT2D eigenvalue weighted by atomic mass is 9.96. The molecule has 6 heteroatoms. The zero-order chi connectivity index (χ0) is 41.7. The minimum absolute atomic E-state index is 0.631. The number of H-pyrrole nitrogens is 1. The first-order valence-electron chi connectivity index (χ1n) is 21.1. The van der Waals surface area contributed by atoms with Gasteiger partial charge in [0.25, 0.3) is 0 Å². The molecule has 3 heterocycles. The Morgan fingerprint density at radius 3 is 1.24 bits per heavy atom. The van der Waals surface area contributed by atoms with Gasteiger partial charge in [0.2, 0.25) is 0 Å². The molecule has 1 N–H and O–H groups in total. The third-order valence-electron chi connectivity index (χ3n) is 11.9. The number of hydrogen-bond donors (Lipinski definition) is 1. The lowest BCUT2D eigenvalue weighted by Gasteiger charge is -2.10. The van der Waals surface area contributed by atoms with Crippen molar-refractivity contribution in [2.24, 2.45) is 0 Å². The third-order valence-corrected chi connectivity index (χ3v) is 11.9. The molecular formula is C57H36N6. The van der Waals surface area contributed by atoms with Crippen LogP contribution in [0.15, 0.2) is 212 Å². The van der Waals surface area contributed by atoms with E-state index >= 15 is 0 Å². The number of hydrogen-bond acceptors (Lipinski definition) is 5. The number of nitrogens with one attached hydrogen (secondary N) is 1. The molecule has 0 aliphatic rings. The highest BCUT2D eigenvalue weighted by atomic mass is 15.0. The van der Waals surface area contributed by atoms with Gasteiger partial charge in [0.05, 0.1) is 22.1 Å². The molecule has 9 aromatic carbocycles. The molecule has 0 radical (unpaired) electrons. The molecule has 12 rings (SSSR count). The minimum atomic E-state index is 0.631. The summed E-state index contributed by atoms with van der Waals surface area (Å²) in [5.41, 5.74) is 17.6. The van der Waals surface area contributed by atoms with Crippen molar-refractivity contribution < 1.29 is 0 Å². The smallest absolute Gasteiger partial charge is 0.164 e. The van der Waals surface area contributed by atoms with Crippen molar-refractivity contribution in [1.82, 2.24) is 29.9 Å². The Balaban J connectivity index is 0.808. The third kappa shape index (κ3) is 6.86. The fourth-order valence-electron chi connectivity index (χ4n) is 8.54. The van der Waals surface area contributed by atoms with Gasteiger partial charge in [-0.05, 0) is 80.9 Å². The van der Waals surface area contributed by atoms with E-state index in [0.717, 1.165) is 94.1 Å². The number of nitrogens with zero attached hydrogens (tertiary/aromatic N) is 5. The lowest BCUT2D eigenvalue weighted by molar-refractivity contribution is 1.07. The van der Waals surface area contributed by atoms with Crippen molar-refractivity contribution >= 4 is 43.9 Å². The molecule has 294 valence electrons. The Bertz CT molecular complexity index is 3640. The maximum absolute atomic E-state index is 5.08. The van der Waals surface area contributed by atoms with E-state index in [1.807, 2.05) is 36.4 Å². The van der Waals surface area contributed by atoms with Crippen molar-refractivity contribution in [3.63, 3.8) is 0 Å². The summed E-state index contributed by atoms with van der Waals surface area (Å²) in [6.07, 6.45) is 0. The highest BCUT2D eigenvalue weighted by molar-refractivity contribution is 6.11. The second kappa shape index (κ2) is 15.1. The van der Waals surface area contributed by atoms with E-state index < -0.39 is 0 Å². The molecule has 0 aliphatic carbocycles. The zero-order valence-electron chi connectivity index (χ0n) is 33.9. The summed E-state index contributed by atoms with van der Waals surface area (Å²) in [4.78, 5) is 28.5. The molecule has 0 bridgehead atoms. The number of fused-ring (bicyclic) bond motifs is 5. The number of aromatic nitrogens is 6. The number of aromatic amines is 1. The van der Waals surface area contributed by atoms with E-state index in [1.54, 1.807) is 0 Å². The van der Waals surface area contributed by atoms with E-state index in [9.17, 15) is 0 Å². The SMILES string of the molecule is c1ccc(-c2ccc(-c3nc(-c4ccccc4)nc(-c4ccc(-c5ccc(-c6cccc(-c7ccc8nc9cc%10c(cc9nc8c7)[nH]c7ccccc7%10)c6)cc5)cc4)n3)cc2)cc1. The summed E-state index contributed by atoms with van der Waals surface area (Å²) in [5.74, 6) is 1.91. The summed E-state index contributed by atoms with van der Waals surface area (Å²) in [6.45, 7) is 0. The second-order valence-electron chi connectivity index (χ2n) is 15.8. The standard InChI is InChI=1S/C57H36N6/c1-3-10-36(11-4-1)37-22-26-42(27-23-37)56-61-55(41-12-5-2-6-13-41)62-57(63-56)43-28-24-39(25-29-43)38-18-20-40(21-19-38)44-14-9-15-45(32-44)46-30-31-50-52(33-46)60-54-35-51-48(34-53(54)59-50)47-16-7-8-17-49(47)58-51/h1-35,58H. The molecule has 0 aliphatic heterocycles. The van der Waals surface area contributed by atoms with Crippen LogP contribution in [0.3, 0.4) is 0 Å². The van der Waals surface area contributed by atoms with Gasteiger partial charge < -0.3 is 4.98 Å². The van der Waals surface area contributed by atoms with Crippen LogP contribution in [0.25, 0.3) is 123 Å². The largest absolute Gasteiger partial charge is 0.354 e. The second-order valence-corrected chi connectivity index (χ2v) is 15.8. The molecule has 0 saturated heterocycles. The van der Waals surface area contributed by atoms with Crippen LogP contribution in [0.5, 0.6) is 0 Å². The van der Waals surface area contributed by atoms with Crippen LogP contribution in [0.4, 0.5) is 0 Å². The average Bonchev–Trinajstić information content (AvgIpc) is 3.72. The van der Waals surface area contributed by atoms with Crippen LogP contribution in [0.2, 0.25) is 0 Å². The van der Waals surface area contributed by atoms with Crippen LogP contribution in [-0.4, -0.2) is 29.9 Å². The Labute approximate surface area is 363 Å². The lowest BCUT2D eigenvalue weighted by Crippen LogP contribution is -2.00. The van der Waals surface area contributed by atoms with Gasteiger partial charge in [0, 0.05) is 38.5 Å². The van der Waals surface area contributed by atoms with Gasteiger partial charge in [-0.25, -0.2) is 24.9 Å². The van der Waals surface area contributed by atoms with Gasteiger partial charge in [-0.1, -0.05) is 176 Å². The average molecular weight is 805 g/mol. The zero-order valence-corrected chi connectivity index (χ0v) is 33.9. The fourth-order valence-corrected chi connectivity index (χ4v) is 8.54. The van der Waals surface area contributed by atoms with Crippen molar-refractivity contribution in [2.75, 3.05) is 0 Å². The molecule has 3 aromatic heterocycles. The molecule has 0 atom stereocenters. The normalized spacial score (nSPS) is 11.5. The van der Waals surface area contributed by atoms with E-state index in [2.05, 4.69) is 181 Å². The summed E-state index contributed by atoms with van der Waals surface area (Å²) < 4.78 is 0. The topological polar surface area (TPSA) is 80.2 Å². The fraction of sp³-hybridized carbons (Fsp3) is 0. The summed E-state index contributed by atoms with van der Waals surface area (Å²) in [6, 6.07) is 73.8. The summed E-state index contributed by atoms with van der Waals surface area (Å²) >= 11 is 0. The Kier molecular flexibility index (Phi) is 8.71. The Hall–Kier alpha value is -8.61. The first-order chi connectivity index (χ1) is 31.1. The summed E-state index contributed by atoms with van der Waals surface area (Å²) in [7, 11) is 0. The first-order valence-corrected chi connectivity index (χ1v) is 21.1. The molecule has 0 amide bonds. The van der Waals surface area contributed by atoms with Gasteiger partial charge in [-0.2, -0.15) is 0 Å². The van der Waals surface area contributed by atoms with Crippen LogP contribution in [0, 0.1) is 0 Å². The van der Waals surface area contributed by atoms with Crippen molar-refractivity contribution in [3.05, 3.63) is 212 Å².